The molecular weight excluding hydrogens is 238 g/mol. The number of unbranched alkanes of at least 4 members (excludes halogenated alkanes) is 1. The van der Waals surface area contributed by atoms with Crippen molar-refractivity contribution >= 4 is 11.6 Å². The van der Waals surface area contributed by atoms with Crippen molar-refractivity contribution in [2.24, 2.45) is 0 Å². The number of nitrogens with zero attached hydrogens (tertiary/aromatic N) is 2. The predicted octanol–water partition coefficient (Wildman–Crippen LogP) is 3.27. The van der Waals surface area contributed by atoms with Crippen LogP contribution in [0.2, 0.25) is 0 Å². The lowest BCUT2D eigenvalue weighted by Gasteiger charge is -2.05. The van der Waals surface area contributed by atoms with E-state index in [9.17, 15) is 4.79 Å². The summed E-state index contributed by atoms with van der Waals surface area (Å²) in [5.74, 6) is 0.671. The van der Waals surface area contributed by atoms with E-state index in [0.29, 0.717) is 17.9 Å². The molecule has 1 heterocycles. The monoisotopic (exact) mass is 255 g/mol. The number of rotatable bonds is 5. The Morgan fingerprint density at radius 1 is 1.16 bits per heavy atom. The zero-order valence-corrected chi connectivity index (χ0v) is 11.0. The second-order valence-corrected chi connectivity index (χ2v) is 4.31. The van der Waals surface area contributed by atoms with Gasteiger partial charge in [0, 0.05) is 12.0 Å². The molecule has 0 spiro atoms. The van der Waals surface area contributed by atoms with Gasteiger partial charge in [0.15, 0.2) is 5.82 Å². The predicted molar refractivity (Wildman–Crippen MR) is 75.6 cm³/mol. The Morgan fingerprint density at radius 2 is 1.84 bits per heavy atom. The van der Waals surface area contributed by atoms with Crippen molar-refractivity contribution in [2.45, 2.75) is 26.2 Å². The van der Waals surface area contributed by atoms with Gasteiger partial charge in [0.2, 0.25) is 5.91 Å². The molecule has 0 aliphatic carbocycles. The van der Waals surface area contributed by atoms with Crippen molar-refractivity contribution in [3.8, 4) is 11.4 Å². The molecule has 4 heteroatoms. The lowest BCUT2D eigenvalue weighted by atomic mass is 10.2. The Labute approximate surface area is 112 Å². The summed E-state index contributed by atoms with van der Waals surface area (Å²) in [5, 5.41) is 2.79. The average molecular weight is 255 g/mol. The first-order valence-corrected chi connectivity index (χ1v) is 6.47. The smallest absolute Gasteiger partial charge is 0.224 e. The quantitative estimate of drug-likeness (QED) is 0.892. The van der Waals surface area contributed by atoms with E-state index in [1.165, 1.54) is 0 Å². The summed E-state index contributed by atoms with van der Waals surface area (Å²) >= 11 is 0. The SMILES string of the molecule is CCCCC(=O)Nc1cnc(-c2ccccc2)nc1. The van der Waals surface area contributed by atoms with Crippen molar-refractivity contribution in [1.82, 2.24) is 9.97 Å². The van der Waals surface area contributed by atoms with Crippen molar-refractivity contribution in [2.75, 3.05) is 5.32 Å². The minimum atomic E-state index is 0.0120. The van der Waals surface area contributed by atoms with E-state index < -0.39 is 0 Å². The minimum Gasteiger partial charge on any atom is -0.323 e. The fraction of sp³-hybridized carbons (Fsp3) is 0.267. The second kappa shape index (κ2) is 6.64. The summed E-state index contributed by atoms with van der Waals surface area (Å²) in [6, 6.07) is 9.74. The molecule has 0 atom stereocenters. The van der Waals surface area contributed by atoms with Gasteiger partial charge in [0.05, 0.1) is 18.1 Å². The number of amides is 1. The number of hydrogen-bond acceptors (Lipinski definition) is 3. The van der Waals surface area contributed by atoms with Gasteiger partial charge in [0.1, 0.15) is 0 Å². The maximum atomic E-state index is 11.6. The first kappa shape index (κ1) is 13.2. The van der Waals surface area contributed by atoms with Gasteiger partial charge in [-0.2, -0.15) is 0 Å². The van der Waals surface area contributed by atoms with E-state index >= 15 is 0 Å². The normalized spacial score (nSPS) is 10.2. The fourth-order valence-electron chi connectivity index (χ4n) is 1.69. The van der Waals surface area contributed by atoms with Gasteiger partial charge in [-0.3, -0.25) is 4.79 Å². The van der Waals surface area contributed by atoms with Crippen molar-refractivity contribution in [1.29, 1.82) is 0 Å². The lowest BCUT2D eigenvalue weighted by molar-refractivity contribution is -0.116. The lowest BCUT2D eigenvalue weighted by Crippen LogP contribution is -2.11. The van der Waals surface area contributed by atoms with Crippen LogP contribution in [-0.4, -0.2) is 15.9 Å². The third-order valence-corrected chi connectivity index (χ3v) is 2.72. The summed E-state index contributed by atoms with van der Waals surface area (Å²) < 4.78 is 0. The largest absolute Gasteiger partial charge is 0.323 e. The highest BCUT2D eigenvalue weighted by Gasteiger charge is 2.04. The molecule has 2 aromatic rings. The van der Waals surface area contributed by atoms with Crippen LogP contribution in [0, 0.1) is 0 Å². The molecule has 0 aliphatic rings. The Morgan fingerprint density at radius 3 is 2.47 bits per heavy atom. The Balaban J connectivity index is 2.01. The van der Waals surface area contributed by atoms with Crippen molar-refractivity contribution in [3.63, 3.8) is 0 Å². The van der Waals surface area contributed by atoms with Crippen LogP contribution >= 0.6 is 0 Å². The zero-order chi connectivity index (χ0) is 13.5. The molecule has 4 nitrogen and oxygen atoms in total. The molecule has 2 rings (SSSR count). The summed E-state index contributed by atoms with van der Waals surface area (Å²) in [5.41, 5.74) is 1.60. The Bertz CT molecular complexity index is 523. The van der Waals surface area contributed by atoms with Crippen LogP contribution in [0.1, 0.15) is 26.2 Å². The van der Waals surface area contributed by atoms with E-state index in [1.54, 1.807) is 12.4 Å². The third-order valence-electron chi connectivity index (χ3n) is 2.72. The molecule has 0 fully saturated rings. The van der Waals surface area contributed by atoms with Crippen LogP contribution in [0.25, 0.3) is 11.4 Å². The van der Waals surface area contributed by atoms with Gasteiger partial charge >= 0.3 is 0 Å². The number of aromatic nitrogens is 2. The number of anilines is 1. The number of nitrogens with one attached hydrogen (secondary N) is 1. The van der Waals surface area contributed by atoms with E-state index in [4.69, 9.17) is 0 Å². The minimum absolute atomic E-state index is 0.0120. The molecule has 1 aromatic carbocycles. The molecule has 1 amide bonds. The van der Waals surface area contributed by atoms with Gasteiger partial charge in [-0.25, -0.2) is 9.97 Å². The van der Waals surface area contributed by atoms with Gasteiger partial charge in [-0.15, -0.1) is 0 Å². The van der Waals surface area contributed by atoms with Crippen LogP contribution in [0.15, 0.2) is 42.7 Å². The highest BCUT2D eigenvalue weighted by atomic mass is 16.1. The fourth-order valence-corrected chi connectivity index (χ4v) is 1.69. The topological polar surface area (TPSA) is 54.9 Å². The highest BCUT2D eigenvalue weighted by molar-refractivity contribution is 5.90. The summed E-state index contributed by atoms with van der Waals surface area (Å²) in [4.78, 5) is 20.1. The molecule has 98 valence electrons. The van der Waals surface area contributed by atoms with E-state index in [-0.39, 0.29) is 5.91 Å². The van der Waals surface area contributed by atoms with E-state index in [2.05, 4.69) is 22.2 Å². The highest BCUT2D eigenvalue weighted by Crippen LogP contribution is 2.14. The van der Waals surface area contributed by atoms with E-state index in [0.717, 1.165) is 18.4 Å². The number of carbonyl (C=O) groups excluding carboxylic acids is 1. The Kier molecular flexibility index (Phi) is 4.61. The van der Waals surface area contributed by atoms with Gasteiger partial charge in [-0.1, -0.05) is 43.7 Å². The number of benzene rings is 1. The number of hydrogen-bond donors (Lipinski definition) is 1. The molecule has 19 heavy (non-hydrogen) atoms. The van der Waals surface area contributed by atoms with Crippen LogP contribution < -0.4 is 5.32 Å². The molecule has 0 radical (unpaired) electrons. The Hall–Kier alpha value is -2.23. The van der Waals surface area contributed by atoms with Gasteiger partial charge < -0.3 is 5.32 Å². The molecule has 0 aliphatic heterocycles. The molecular formula is C15H17N3O. The third kappa shape index (κ3) is 3.88. The molecule has 1 aromatic heterocycles. The van der Waals surface area contributed by atoms with E-state index in [1.807, 2.05) is 30.3 Å². The summed E-state index contributed by atoms with van der Waals surface area (Å²) in [6.07, 6.45) is 5.72. The molecule has 0 saturated carbocycles. The standard InChI is InChI=1S/C15H17N3O/c1-2-3-9-14(19)18-13-10-16-15(17-11-13)12-7-5-4-6-8-12/h4-8,10-11H,2-3,9H2,1H3,(H,18,19). The average Bonchev–Trinajstić information content (AvgIpc) is 2.47. The summed E-state index contributed by atoms with van der Waals surface area (Å²) in [7, 11) is 0. The molecule has 0 unspecified atom stereocenters. The number of carbonyl (C=O) groups is 1. The van der Waals surface area contributed by atoms with Crippen LogP contribution in [0.3, 0.4) is 0 Å². The zero-order valence-electron chi connectivity index (χ0n) is 11.0. The van der Waals surface area contributed by atoms with Crippen LogP contribution in [-0.2, 0) is 4.79 Å². The summed E-state index contributed by atoms with van der Waals surface area (Å²) in [6.45, 7) is 2.06. The first-order chi connectivity index (χ1) is 9.29. The first-order valence-electron chi connectivity index (χ1n) is 6.47. The maximum Gasteiger partial charge on any atom is 0.224 e. The van der Waals surface area contributed by atoms with Gasteiger partial charge in [-0.05, 0) is 6.42 Å². The van der Waals surface area contributed by atoms with Crippen molar-refractivity contribution in [3.05, 3.63) is 42.7 Å². The maximum absolute atomic E-state index is 11.6. The van der Waals surface area contributed by atoms with Gasteiger partial charge in [0.25, 0.3) is 0 Å². The van der Waals surface area contributed by atoms with Crippen molar-refractivity contribution < 1.29 is 4.79 Å². The van der Waals surface area contributed by atoms with Crippen LogP contribution in [0.4, 0.5) is 5.69 Å². The van der Waals surface area contributed by atoms with Crippen LogP contribution in [0.5, 0.6) is 0 Å². The second-order valence-electron chi connectivity index (χ2n) is 4.31. The molecule has 0 bridgehead atoms. The molecule has 1 N–H and O–H groups in total. The molecule has 0 saturated heterocycles.